The normalized spacial score (nSPS) is 31.3. The Hall–Kier alpha value is -1.83. The lowest BCUT2D eigenvalue weighted by molar-refractivity contribution is 0.0463. The molecule has 0 saturated carbocycles. The second-order valence-electron chi connectivity index (χ2n) is 9.46. The number of piperazine rings is 1. The molecule has 31 heavy (non-hydrogen) atoms. The van der Waals surface area contributed by atoms with E-state index in [-0.39, 0.29) is 36.4 Å². The number of halogens is 1. The molecule has 3 aliphatic rings. The van der Waals surface area contributed by atoms with Crippen LogP contribution in [0.3, 0.4) is 0 Å². The minimum atomic E-state index is -0.0329. The molecule has 0 radical (unpaired) electrons. The van der Waals surface area contributed by atoms with Gasteiger partial charge >= 0.3 is 0 Å². The Labute approximate surface area is 190 Å². The molecule has 0 spiro atoms. The Kier molecular flexibility index (Phi) is 6.47. The molecular weight excluding hydrogens is 414 g/mol. The molecule has 4 heterocycles. The number of amides is 1. The molecule has 2 unspecified atom stereocenters. The van der Waals surface area contributed by atoms with Gasteiger partial charge < -0.3 is 24.9 Å². The van der Waals surface area contributed by atoms with Crippen LogP contribution in [-0.2, 0) is 0 Å². The van der Waals surface area contributed by atoms with Crippen LogP contribution in [0.25, 0.3) is 11.1 Å². The molecule has 170 valence electrons. The predicted octanol–water partition coefficient (Wildman–Crippen LogP) is 3.18. The van der Waals surface area contributed by atoms with Crippen molar-refractivity contribution in [3.8, 4) is 0 Å². The average molecular weight is 448 g/mol. The quantitative estimate of drug-likeness (QED) is 0.752. The Balaban J connectivity index is 0.00000231. The van der Waals surface area contributed by atoms with Crippen LogP contribution in [0.4, 0.5) is 6.01 Å². The second kappa shape index (κ2) is 8.96. The van der Waals surface area contributed by atoms with E-state index in [0.717, 1.165) is 25.9 Å². The fraction of sp³-hybridized carbons (Fsp3) is 0.652. The number of fused-ring (bicyclic) bond motifs is 3. The number of nitrogens with one attached hydrogen (secondary N) is 2. The number of hydrogen-bond acceptors (Lipinski definition) is 6. The number of hydrogen-bond donors (Lipinski definition) is 2. The van der Waals surface area contributed by atoms with Gasteiger partial charge in [-0.05, 0) is 58.7 Å². The molecule has 3 saturated heterocycles. The van der Waals surface area contributed by atoms with E-state index in [2.05, 4.69) is 41.3 Å². The summed E-state index contributed by atoms with van der Waals surface area (Å²) >= 11 is 0. The van der Waals surface area contributed by atoms with Gasteiger partial charge in [-0.15, -0.1) is 12.4 Å². The monoisotopic (exact) mass is 447 g/mol. The van der Waals surface area contributed by atoms with Crippen LogP contribution in [0.5, 0.6) is 0 Å². The standard InChI is InChI=1S/C23H33N5O2.ClH/c1-14-12-24-13-15(2)28(14)23-26-21-19(8-5-9-20(21)30-23)22(29)25-16-10-17-6-4-7-18(11-16)27(17)3;/h5,8-9,14-18,24H,4,6-7,10-13H2,1-3H3,(H,25,29);1H/t14-,15-,16?,17?,18?;/m0./s1. The van der Waals surface area contributed by atoms with Gasteiger partial charge in [-0.25, -0.2) is 0 Å². The van der Waals surface area contributed by atoms with Crippen molar-refractivity contribution in [2.24, 2.45) is 0 Å². The Bertz CT molecular complexity index is 910. The molecule has 7 nitrogen and oxygen atoms in total. The highest BCUT2D eigenvalue weighted by molar-refractivity contribution is 6.04. The van der Waals surface area contributed by atoms with E-state index < -0.39 is 0 Å². The first kappa shape index (κ1) is 22.4. The fourth-order valence-electron chi connectivity index (χ4n) is 5.74. The Morgan fingerprint density at radius 1 is 1.16 bits per heavy atom. The molecule has 2 N–H and O–H groups in total. The third-order valence-corrected chi connectivity index (χ3v) is 7.38. The van der Waals surface area contributed by atoms with Crippen molar-refractivity contribution in [2.75, 3.05) is 25.0 Å². The van der Waals surface area contributed by atoms with Gasteiger partial charge in [0.05, 0.1) is 5.56 Å². The van der Waals surface area contributed by atoms with Crippen LogP contribution < -0.4 is 15.5 Å². The van der Waals surface area contributed by atoms with Crippen LogP contribution in [0.1, 0.15) is 56.3 Å². The summed E-state index contributed by atoms with van der Waals surface area (Å²) in [7, 11) is 2.24. The van der Waals surface area contributed by atoms with E-state index in [9.17, 15) is 4.79 Å². The molecule has 3 fully saturated rings. The summed E-state index contributed by atoms with van der Waals surface area (Å²) in [5.41, 5.74) is 1.95. The molecule has 4 atom stereocenters. The lowest BCUT2D eigenvalue weighted by Gasteiger charge is -2.47. The van der Waals surface area contributed by atoms with Gasteiger partial charge in [-0.2, -0.15) is 4.98 Å². The molecule has 3 aliphatic heterocycles. The van der Waals surface area contributed by atoms with Crippen molar-refractivity contribution in [2.45, 2.75) is 76.2 Å². The topological polar surface area (TPSA) is 73.6 Å². The van der Waals surface area contributed by atoms with E-state index >= 15 is 0 Å². The number of rotatable bonds is 3. The van der Waals surface area contributed by atoms with Gasteiger partial charge in [0.1, 0.15) is 5.52 Å². The fourth-order valence-corrected chi connectivity index (χ4v) is 5.74. The number of benzene rings is 1. The van der Waals surface area contributed by atoms with Gasteiger partial charge in [0, 0.05) is 43.3 Å². The van der Waals surface area contributed by atoms with E-state index in [4.69, 9.17) is 9.40 Å². The number of anilines is 1. The minimum absolute atomic E-state index is 0. The SMILES string of the molecule is C[C@H]1CNC[C@H](C)N1c1nc2c(C(=O)NC3CC4CCCC(C3)N4C)cccc2o1.Cl. The van der Waals surface area contributed by atoms with Crippen LogP contribution >= 0.6 is 12.4 Å². The smallest absolute Gasteiger partial charge is 0.298 e. The number of carbonyl (C=O) groups excluding carboxylic acids is 1. The maximum absolute atomic E-state index is 13.2. The zero-order valence-corrected chi connectivity index (χ0v) is 19.5. The number of nitrogens with zero attached hydrogens (tertiary/aromatic N) is 3. The van der Waals surface area contributed by atoms with Gasteiger partial charge in [0.15, 0.2) is 5.58 Å². The van der Waals surface area contributed by atoms with Gasteiger partial charge in [-0.3, -0.25) is 4.79 Å². The van der Waals surface area contributed by atoms with Crippen LogP contribution in [0.15, 0.2) is 22.6 Å². The summed E-state index contributed by atoms with van der Waals surface area (Å²) in [5.74, 6) is -0.0329. The molecule has 1 aromatic carbocycles. The third kappa shape index (κ3) is 4.15. The zero-order valence-electron chi connectivity index (χ0n) is 18.6. The largest absolute Gasteiger partial charge is 0.423 e. The number of piperidine rings is 2. The van der Waals surface area contributed by atoms with Crippen molar-refractivity contribution in [3.05, 3.63) is 23.8 Å². The first-order valence-electron chi connectivity index (χ1n) is 11.4. The summed E-state index contributed by atoms with van der Waals surface area (Å²) in [4.78, 5) is 22.7. The minimum Gasteiger partial charge on any atom is -0.423 e. The second-order valence-corrected chi connectivity index (χ2v) is 9.46. The third-order valence-electron chi connectivity index (χ3n) is 7.38. The number of aromatic nitrogens is 1. The summed E-state index contributed by atoms with van der Waals surface area (Å²) in [6.07, 6.45) is 5.86. The number of oxazole rings is 1. The van der Waals surface area contributed by atoms with E-state index in [0.29, 0.717) is 34.8 Å². The predicted molar refractivity (Wildman–Crippen MR) is 125 cm³/mol. The number of para-hydroxylation sites is 1. The first-order valence-corrected chi connectivity index (χ1v) is 11.4. The first-order chi connectivity index (χ1) is 14.5. The molecule has 5 rings (SSSR count). The molecule has 8 heteroatoms. The van der Waals surface area contributed by atoms with Crippen molar-refractivity contribution in [1.82, 2.24) is 20.5 Å². The summed E-state index contributed by atoms with van der Waals surface area (Å²) < 4.78 is 6.10. The van der Waals surface area contributed by atoms with E-state index in [1.807, 2.05) is 18.2 Å². The lowest BCUT2D eigenvalue weighted by Crippen LogP contribution is -2.55. The summed E-state index contributed by atoms with van der Waals surface area (Å²) in [6, 6.07) is 8.26. The molecule has 1 aromatic heterocycles. The number of carbonyl (C=O) groups is 1. The van der Waals surface area contributed by atoms with E-state index in [1.54, 1.807) is 0 Å². The highest BCUT2D eigenvalue weighted by Crippen LogP contribution is 2.33. The van der Waals surface area contributed by atoms with Crippen LogP contribution in [0.2, 0.25) is 0 Å². The molecular formula is C23H34ClN5O2. The van der Waals surface area contributed by atoms with Crippen LogP contribution in [0, 0.1) is 0 Å². The Morgan fingerprint density at radius 2 is 1.84 bits per heavy atom. The molecule has 0 aliphatic carbocycles. The van der Waals surface area contributed by atoms with Crippen LogP contribution in [-0.4, -0.2) is 66.1 Å². The maximum atomic E-state index is 13.2. The molecule has 2 aromatic rings. The van der Waals surface area contributed by atoms with Crippen molar-refractivity contribution >= 4 is 35.4 Å². The Morgan fingerprint density at radius 3 is 2.52 bits per heavy atom. The highest BCUT2D eigenvalue weighted by Gasteiger charge is 2.37. The maximum Gasteiger partial charge on any atom is 0.298 e. The van der Waals surface area contributed by atoms with Gasteiger partial charge in [0.2, 0.25) is 0 Å². The van der Waals surface area contributed by atoms with Crippen molar-refractivity contribution in [3.63, 3.8) is 0 Å². The van der Waals surface area contributed by atoms with Gasteiger partial charge in [0.25, 0.3) is 11.9 Å². The van der Waals surface area contributed by atoms with E-state index in [1.165, 1.54) is 19.3 Å². The summed E-state index contributed by atoms with van der Waals surface area (Å²) in [5, 5.41) is 6.75. The molecule has 2 bridgehead atoms. The zero-order chi connectivity index (χ0) is 20.8. The van der Waals surface area contributed by atoms with Crippen molar-refractivity contribution < 1.29 is 9.21 Å². The van der Waals surface area contributed by atoms with Gasteiger partial charge in [-0.1, -0.05) is 12.5 Å². The summed E-state index contributed by atoms with van der Waals surface area (Å²) in [6.45, 7) is 6.13. The van der Waals surface area contributed by atoms with Crippen molar-refractivity contribution in [1.29, 1.82) is 0 Å². The lowest BCUT2D eigenvalue weighted by atomic mass is 9.82. The highest BCUT2D eigenvalue weighted by atomic mass is 35.5. The molecule has 1 amide bonds. The average Bonchev–Trinajstić information content (AvgIpc) is 3.12.